The minimum Gasteiger partial charge on any atom is -0.383 e. The summed E-state index contributed by atoms with van der Waals surface area (Å²) in [5.74, 6) is -0.124. The second-order valence-corrected chi connectivity index (χ2v) is 6.13. The van der Waals surface area contributed by atoms with Crippen molar-refractivity contribution in [3.8, 4) is 0 Å². The summed E-state index contributed by atoms with van der Waals surface area (Å²) in [6.45, 7) is 1.26. The Bertz CT molecular complexity index is 705. The van der Waals surface area contributed by atoms with E-state index in [2.05, 4.69) is 10.6 Å². The molecule has 2 heterocycles. The van der Waals surface area contributed by atoms with Crippen molar-refractivity contribution >= 4 is 35.1 Å². The third-order valence-electron chi connectivity index (χ3n) is 3.86. The third-order valence-corrected chi connectivity index (χ3v) is 4.60. The molecule has 1 aromatic carbocycles. The molecule has 0 saturated carbocycles. The lowest BCUT2D eigenvalue weighted by Crippen LogP contribution is -2.44. The lowest BCUT2D eigenvalue weighted by atomic mass is 9.96. The van der Waals surface area contributed by atoms with Gasteiger partial charge in [-0.2, -0.15) is 0 Å². The Balaban J connectivity index is 1.94. The zero-order valence-electron chi connectivity index (χ0n) is 12.4. The van der Waals surface area contributed by atoms with Gasteiger partial charge in [-0.05, 0) is 17.7 Å². The first-order valence-corrected chi connectivity index (χ1v) is 7.80. The van der Waals surface area contributed by atoms with Gasteiger partial charge in [0, 0.05) is 13.7 Å². The minimum atomic E-state index is -0.548. The largest absolute Gasteiger partial charge is 0.383 e. The highest BCUT2D eigenvalue weighted by Crippen LogP contribution is 2.34. The molecule has 2 aliphatic rings. The van der Waals surface area contributed by atoms with Gasteiger partial charge in [-0.3, -0.25) is 4.79 Å². The van der Waals surface area contributed by atoms with Crippen LogP contribution in [0, 0.1) is 0 Å². The zero-order valence-corrected chi connectivity index (χ0v) is 13.9. The van der Waals surface area contributed by atoms with E-state index in [-0.39, 0.29) is 11.9 Å². The Morgan fingerprint density at radius 3 is 2.78 bits per heavy atom. The standard InChI is InChI=1S/C15H15Cl2N3O3/c1-23-5-4-20-7-11-12(14(20)21)13(19-15(22)18-11)8-2-3-9(16)10(17)6-8/h2-3,6,13H,4-5,7H2,1H3,(H2,18,19,22)/t13-/m1/s1. The molecule has 0 fully saturated rings. The lowest BCUT2D eigenvalue weighted by molar-refractivity contribution is -0.126. The fourth-order valence-electron chi connectivity index (χ4n) is 2.75. The Kier molecular flexibility index (Phi) is 4.48. The maximum absolute atomic E-state index is 12.7. The van der Waals surface area contributed by atoms with Crippen LogP contribution in [0.25, 0.3) is 0 Å². The van der Waals surface area contributed by atoms with Crippen LogP contribution in [0.3, 0.4) is 0 Å². The van der Waals surface area contributed by atoms with E-state index < -0.39 is 6.04 Å². The van der Waals surface area contributed by atoms with Crippen LogP contribution >= 0.6 is 23.2 Å². The summed E-state index contributed by atoms with van der Waals surface area (Å²) in [5, 5.41) is 6.27. The molecule has 0 radical (unpaired) electrons. The average Bonchev–Trinajstić information content (AvgIpc) is 2.83. The van der Waals surface area contributed by atoms with Crippen LogP contribution in [0.4, 0.5) is 4.79 Å². The van der Waals surface area contributed by atoms with E-state index in [0.29, 0.717) is 46.6 Å². The molecule has 0 spiro atoms. The van der Waals surface area contributed by atoms with Crippen LogP contribution in [0.1, 0.15) is 11.6 Å². The number of halogens is 2. The minimum absolute atomic E-state index is 0.124. The highest BCUT2D eigenvalue weighted by Gasteiger charge is 2.40. The van der Waals surface area contributed by atoms with Crippen LogP contribution in [-0.2, 0) is 9.53 Å². The SMILES string of the molecule is COCCN1CC2=C(C1=O)[C@@H](c1ccc(Cl)c(Cl)c1)NC(=O)N2. The van der Waals surface area contributed by atoms with Crippen molar-refractivity contribution < 1.29 is 14.3 Å². The Morgan fingerprint density at radius 1 is 1.30 bits per heavy atom. The number of carbonyl (C=O) groups is 2. The first-order chi connectivity index (χ1) is 11.0. The van der Waals surface area contributed by atoms with Gasteiger partial charge in [0.15, 0.2) is 0 Å². The number of urea groups is 1. The molecule has 6 nitrogen and oxygen atoms in total. The number of amides is 3. The molecule has 3 rings (SSSR count). The number of hydrogen-bond donors (Lipinski definition) is 2. The van der Waals surface area contributed by atoms with Crippen LogP contribution < -0.4 is 10.6 Å². The molecule has 23 heavy (non-hydrogen) atoms. The van der Waals surface area contributed by atoms with E-state index in [0.717, 1.165) is 0 Å². The Labute approximate surface area is 143 Å². The van der Waals surface area contributed by atoms with Crippen molar-refractivity contribution in [3.05, 3.63) is 45.1 Å². The number of benzene rings is 1. The zero-order chi connectivity index (χ0) is 16.6. The fourth-order valence-corrected chi connectivity index (χ4v) is 3.06. The summed E-state index contributed by atoms with van der Waals surface area (Å²) >= 11 is 12.0. The first kappa shape index (κ1) is 16.1. The van der Waals surface area contributed by atoms with Crippen LogP contribution in [0.15, 0.2) is 29.5 Å². The number of nitrogens with zero attached hydrogens (tertiary/aromatic N) is 1. The van der Waals surface area contributed by atoms with E-state index in [1.807, 2.05) is 0 Å². The summed E-state index contributed by atoms with van der Waals surface area (Å²) < 4.78 is 5.02. The van der Waals surface area contributed by atoms with Gasteiger partial charge in [0.2, 0.25) is 0 Å². The monoisotopic (exact) mass is 355 g/mol. The number of hydrogen-bond acceptors (Lipinski definition) is 3. The van der Waals surface area contributed by atoms with E-state index in [4.69, 9.17) is 27.9 Å². The molecule has 3 amide bonds. The normalized spacial score (nSPS) is 20.5. The molecule has 0 aromatic heterocycles. The molecular weight excluding hydrogens is 341 g/mol. The summed E-state index contributed by atoms with van der Waals surface area (Å²) in [4.78, 5) is 26.2. The molecule has 1 atom stereocenters. The van der Waals surface area contributed by atoms with Crippen LogP contribution in [0.2, 0.25) is 10.0 Å². The van der Waals surface area contributed by atoms with Gasteiger partial charge in [0.1, 0.15) is 0 Å². The van der Waals surface area contributed by atoms with Gasteiger partial charge >= 0.3 is 6.03 Å². The second kappa shape index (κ2) is 6.39. The highest BCUT2D eigenvalue weighted by molar-refractivity contribution is 6.42. The average molecular weight is 356 g/mol. The van der Waals surface area contributed by atoms with Crippen LogP contribution in [0.5, 0.6) is 0 Å². The van der Waals surface area contributed by atoms with Gasteiger partial charge in [0.05, 0.1) is 40.5 Å². The van der Waals surface area contributed by atoms with Gasteiger partial charge in [-0.15, -0.1) is 0 Å². The molecule has 0 bridgehead atoms. The molecule has 0 aliphatic carbocycles. The molecule has 1 aromatic rings. The van der Waals surface area contributed by atoms with Gasteiger partial charge < -0.3 is 20.3 Å². The van der Waals surface area contributed by atoms with Crippen LogP contribution in [-0.4, -0.2) is 43.6 Å². The molecule has 0 unspecified atom stereocenters. The summed E-state index contributed by atoms with van der Waals surface area (Å²) in [5.41, 5.74) is 1.86. The maximum Gasteiger partial charge on any atom is 0.319 e. The number of ether oxygens (including phenoxy) is 1. The quantitative estimate of drug-likeness (QED) is 0.868. The van der Waals surface area contributed by atoms with E-state index in [1.54, 1.807) is 30.2 Å². The number of methoxy groups -OCH3 is 1. The molecule has 2 N–H and O–H groups in total. The van der Waals surface area contributed by atoms with E-state index >= 15 is 0 Å². The number of carbonyl (C=O) groups excluding carboxylic acids is 2. The van der Waals surface area contributed by atoms with Crippen molar-refractivity contribution in [2.24, 2.45) is 0 Å². The number of rotatable bonds is 4. The predicted octanol–water partition coefficient (Wildman–Crippen LogP) is 2.09. The Hall–Kier alpha value is -1.76. The number of nitrogens with one attached hydrogen (secondary N) is 2. The summed E-state index contributed by atoms with van der Waals surface area (Å²) in [6.07, 6.45) is 0. The molecule has 122 valence electrons. The summed E-state index contributed by atoms with van der Waals surface area (Å²) in [7, 11) is 1.58. The second-order valence-electron chi connectivity index (χ2n) is 5.32. The van der Waals surface area contributed by atoms with Crippen molar-refractivity contribution in [2.45, 2.75) is 6.04 Å². The van der Waals surface area contributed by atoms with E-state index in [9.17, 15) is 9.59 Å². The van der Waals surface area contributed by atoms with Crippen molar-refractivity contribution in [1.82, 2.24) is 15.5 Å². The maximum atomic E-state index is 12.7. The molecule has 8 heteroatoms. The van der Waals surface area contributed by atoms with Gasteiger partial charge in [0.25, 0.3) is 5.91 Å². The van der Waals surface area contributed by atoms with Crippen molar-refractivity contribution in [1.29, 1.82) is 0 Å². The third kappa shape index (κ3) is 3.02. The van der Waals surface area contributed by atoms with Crippen molar-refractivity contribution in [2.75, 3.05) is 26.8 Å². The Morgan fingerprint density at radius 2 is 2.09 bits per heavy atom. The predicted molar refractivity (Wildman–Crippen MR) is 86.4 cm³/mol. The van der Waals surface area contributed by atoms with E-state index in [1.165, 1.54) is 0 Å². The lowest BCUT2D eigenvalue weighted by Gasteiger charge is -2.25. The highest BCUT2D eigenvalue weighted by atomic mass is 35.5. The molecule has 2 aliphatic heterocycles. The van der Waals surface area contributed by atoms with Gasteiger partial charge in [-0.1, -0.05) is 29.3 Å². The topological polar surface area (TPSA) is 70.7 Å². The molecular formula is C15H15Cl2N3O3. The van der Waals surface area contributed by atoms with Gasteiger partial charge in [-0.25, -0.2) is 4.79 Å². The van der Waals surface area contributed by atoms with Crippen molar-refractivity contribution in [3.63, 3.8) is 0 Å². The summed E-state index contributed by atoms with van der Waals surface area (Å²) in [6, 6.07) is 4.17. The fraction of sp³-hybridized carbons (Fsp3) is 0.333. The smallest absolute Gasteiger partial charge is 0.319 e. The first-order valence-electron chi connectivity index (χ1n) is 7.05. The molecule has 0 saturated heterocycles.